The molecule has 0 bridgehead atoms. The highest BCUT2D eigenvalue weighted by Crippen LogP contribution is 2.42. The Morgan fingerprint density at radius 1 is 0.867 bits per heavy atom. The molecule has 6 heteroatoms. The molecule has 3 aromatic carbocycles. The second kappa shape index (κ2) is 7.46. The first-order valence-corrected chi connectivity index (χ1v) is 11.0. The van der Waals surface area contributed by atoms with E-state index in [0.29, 0.717) is 28.1 Å². The van der Waals surface area contributed by atoms with Crippen LogP contribution in [0.5, 0.6) is 0 Å². The lowest BCUT2D eigenvalue weighted by atomic mass is 9.95. The van der Waals surface area contributed by atoms with Crippen molar-refractivity contribution in [2.75, 3.05) is 16.7 Å². The van der Waals surface area contributed by atoms with Crippen molar-refractivity contribution in [2.45, 2.75) is 13.8 Å². The average Bonchev–Trinajstić information content (AvgIpc) is 2.74. The quantitative estimate of drug-likeness (QED) is 0.682. The molecule has 0 saturated heterocycles. The van der Waals surface area contributed by atoms with Crippen LogP contribution in [0.25, 0.3) is 5.57 Å². The van der Waals surface area contributed by atoms with Gasteiger partial charge < -0.3 is 5.32 Å². The van der Waals surface area contributed by atoms with Crippen LogP contribution < -0.4 is 9.62 Å². The molecular weight excluding hydrogens is 396 g/mol. The highest BCUT2D eigenvalue weighted by Gasteiger charge is 2.39. The van der Waals surface area contributed by atoms with Gasteiger partial charge in [0, 0.05) is 23.9 Å². The van der Waals surface area contributed by atoms with Crippen molar-refractivity contribution >= 4 is 32.9 Å². The number of aryl methyl sites for hydroxylation is 1. The molecule has 3 aromatic rings. The van der Waals surface area contributed by atoms with Crippen LogP contribution in [0.2, 0.25) is 0 Å². The van der Waals surface area contributed by atoms with Crippen molar-refractivity contribution < 1.29 is 13.2 Å². The maximum absolute atomic E-state index is 13.5. The van der Waals surface area contributed by atoms with E-state index in [1.54, 1.807) is 18.2 Å². The van der Waals surface area contributed by atoms with E-state index >= 15 is 0 Å². The minimum Gasteiger partial charge on any atom is -0.321 e. The fourth-order valence-corrected chi connectivity index (χ4v) is 5.13. The summed E-state index contributed by atoms with van der Waals surface area (Å²) < 4.78 is 28.1. The zero-order valence-electron chi connectivity index (χ0n) is 17.0. The molecular formula is C24H22N2O3S. The third-order valence-corrected chi connectivity index (χ3v) is 7.30. The van der Waals surface area contributed by atoms with Crippen LogP contribution in [0.1, 0.15) is 22.3 Å². The first-order chi connectivity index (χ1) is 14.3. The first-order valence-electron chi connectivity index (χ1n) is 9.58. The van der Waals surface area contributed by atoms with Gasteiger partial charge in [-0.05, 0) is 42.7 Å². The highest BCUT2D eigenvalue weighted by molar-refractivity contribution is 7.97. The third-order valence-electron chi connectivity index (χ3n) is 5.48. The molecule has 1 N–H and O–H groups in total. The van der Waals surface area contributed by atoms with Gasteiger partial charge in [-0.3, -0.25) is 9.10 Å². The number of amides is 1. The second-order valence-corrected chi connectivity index (χ2v) is 9.17. The van der Waals surface area contributed by atoms with E-state index in [9.17, 15) is 13.2 Å². The summed E-state index contributed by atoms with van der Waals surface area (Å²) in [6.07, 6.45) is 0. The molecule has 4 rings (SSSR count). The Labute approximate surface area is 176 Å². The van der Waals surface area contributed by atoms with Crippen LogP contribution in [-0.2, 0) is 14.8 Å². The van der Waals surface area contributed by atoms with E-state index in [0.717, 1.165) is 11.1 Å². The van der Waals surface area contributed by atoms with E-state index in [4.69, 9.17) is 0 Å². The average molecular weight is 419 g/mol. The number of sulfonamides is 1. The lowest BCUT2D eigenvalue weighted by Gasteiger charge is -2.31. The van der Waals surface area contributed by atoms with Gasteiger partial charge in [-0.25, -0.2) is 8.42 Å². The van der Waals surface area contributed by atoms with Crippen molar-refractivity contribution in [1.29, 1.82) is 0 Å². The molecule has 0 atom stereocenters. The zero-order chi connectivity index (χ0) is 21.5. The Balaban J connectivity index is 1.98. The minimum atomic E-state index is -4.05. The van der Waals surface area contributed by atoms with Gasteiger partial charge in [-0.15, -0.1) is 0 Å². The molecule has 5 nitrogen and oxygen atoms in total. The molecule has 1 heterocycles. The molecule has 0 aliphatic carbocycles. The molecule has 1 aliphatic rings. The summed E-state index contributed by atoms with van der Waals surface area (Å²) >= 11 is 0. The molecule has 0 spiro atoms. The summed E-state index contributed by atoms with van der Waals surface area (Å²) in [4.78, 5) is 13.2. The summed E-state index contributed by atoms with van der Waals surface area (Å²) in [5, 5.41) is 2.82. The maximum Gasteiger partial charge on any atom is 0.270 e. The molecule has 0 aromatic heterocycles. The summed E-state index contributed by atoms with van der Waals surface area (Å²) in [5.74, 6) is -0.649. The van der Waals surface area contributed by atoms with Gasteiger partial charge in [0.1, 0.15) is 0 Å². The molecule has 0 saturated carbocycles. The summed E-state index contributed by atoms with van der Waals surface area (Å²) in [5.41, 5.74) is 4.83. The monoisotopic (exact) mass is 418 g/mol. The predicted molar refractivity (Wildman–Crippen MR) is 121 cm³/mol. The fourth-order valence-electron chi connectivity index (χ4n) is 3.67. The standard InChI is InChI=1S/C24H22N2O3S/c1-16-10-9-14-20(17(16)2)25-24(27)23-22(18-11-5-4-6-12-18)19-13-7-8-15-21(19)26(3)30(23,28)29/h4-15H,1-3H3,(H,25,27). The van der Waals surface area contributed by atoms with Gasteiger partial charge in [0.05, 0.1) is 5.69 Å². The number of para-hydroxylation sites is 1. The number of hydrogen-bond acceptors (Lipinski definition) is 3. The number of carbonyl (C=O) groups is 1. The van der Waals surface area contributed by atoms with Crippen molar-refractivity contribution in [2.24, 2.45) is 0 Å². The predicted octanol–water partition coefficient (Wildman–Crippen LogP) is 4.48. The normalized spacial score (nSPS) is 15.0. The van der Waals surface area contributed by atoms with Crippen molar-refractivity contribution in [3.05, 3.63) is 100.0 Å². The van der Waals surface area contributed by atoms with Gasteiger partial charge in [0.25, 0.3) is 15.9 Å². The number of anilines is 2. The van der Waals surface area contributed by atoms with Crippen molar-refractivity contribution in [3.8, 4) is 0 Å². The van der Waals surface area contributed by atoms with Gasteiger partial charge >= 0.3 is 0 Å². The van der Waals surface area contributed by atoms with Crippen molar-refractivity contribution in [3.63, 3.8) is 0 Å². The van der Waals surface area contributed by atoms with Crippen LogP contribution in [0.4, 0.5) is 11.4 Å². The van der Waals surface area contributed by atoms with Crippen LogP contribution in [0, 0.1) is 13.8 Å². The van der Waals surface area contributed by atoms with Gasteiger partial charge in [0.2, 0.25) is 0 Å². The number of nitrogens with one attached hydrogen (secondary N) is 1. The molecule has 30 heavy (non-hydrogen) atoms. The lowest BCUT2D eigenvalue weighted by Crippen LogP contribution is -2.37. The van der Waals surface area contributed by atoms with Crippen molar-refractivity contribution in [1.82, 2.24) is 0 Å². The van der Waals surface area contributed by atoms with E-state index in [1.165, 1.54) is 11.4 Å². The van der Waals surface area contributed by atoms with E-state index in [2.05, 4.69) is 5.32 Å². The molecule has 0 fully saturated rings. The Kier molecular flexibility index (Phi) is 4.95. The summed E-state index contributed by atoms with van der Waals surface area (Å²) in [6, 6.07) is 21.9. The topological polar surface area (TPSA) is 66.5 Å². The Morgan fingerprint density at radius 2 is 1.53 bits per heavy atom. The Morgan fingerprint density at radius 3 is 2.27 bits per heavy atom. The van der Waals surface area contributed by atoms with Crippen LogP contribution in [0.3, 0.4) is 0 Å². The zero-order valence-corrected chi connectivity index (χ0v) is 17.8. The molecule has 1 aliphatic heterocycles. The first kappa shape index (κ1) is 19.9. The van der Waals surface area contributed by atoms with E-state index in [-0.39, 0.29) is 4.91 Å². The second-order valence-electron chi connectivity index (χ2n) is 7.26. The molecule has 1 amide bonds. The Hall–Kier alpha value is -3.38. The Bertz CT molecular complexity index is 1280. The number of hydrogen-bond donors (Lipinski definition) is 1. The maximum atomic E-state index is 13.5. The number of rotatable bonds is 3. The lowest BCUT2D eigenvalue weighted by molar-refractivity contribution is -0.112. The number of fused-ring (bicyclic) bond motifs is 1. The summed E-state index contributed by atoms with van der Waals surface area (Å²) in [7, 11) is -2.58. The SMILES string of the molecule is Cc1cccc(NC(=O)C2=C(c3ccccc3)c3ccccc3N(C)S2(=O)=O)c1C. The third kappa shape index (κ3) is 3.19. The number of benzene rings is 3. The van der Waals surface area contributed by atoms with E-state index < -0.39 is 15.9 Å². The van der Waals surface area contributed by atoms with E-state index in [1.807, 2.05) is 68.4 Å². The smallest absolute Gasteiger partial charge is 0.270 e. The number of carbonyl (C=O) groups excluding carboxylic acids is 1. The molecule has 0 radical (unpaired) electrons. The van der Waals surface area contributed by atoms with Gasteiger partial charge in [-0.2, -0.15) is 0 Å². The highest BCUT2D eigenvalue weighted by atomic mass is 32.2. The van der Waals surface area contributed by atoms with Gasteiger partial charge in [-0.1, -0.05) is 60.7 Å². The van der Waals surface area contributed by atoms with Gasteiger partial charge in [0.15, 0.2) is 4.91 Å². The molecule has 0 unspecified atom stereocenters. The molecule has 152 valence electrons. The van der Waals surface area contributed by atoms with Crippen LogP contribution >= 0.6 is 0 Å². The summed E-state index contributed by atoms with van der Waals surface area (Å²) in [6.45, 7) is 3.84. The van der Waals surface area contributed by atoms with Crippen LogP contribution in [0.15, 0.2) is 77.7 Å². The fraction of sp³-hybridized carbons (Fsp3) is 0.125. The largest absolute Gasteiger partial charge is 0.321 e. The minimum absolute atomic E-state index is 0.254. The number of nitrogens with zero attached hydrogens (tertiary/aromatic N) is 1. The van der Waals surface area contributed by atoms with Crippen LogP contribution in [-0.4, -0.2) is 21.4 Å².